The summed E-state index contributed by atoms with van der Waals surface area (Å²) in [4.78, 5) is 12.5. The number of amides is 1. The molecule has 0 aliphatic carbocycles. The van der Waals surface area contributed by atoms with E-state index in [4.69, 9.17) is 21.1 Å². The average molecular weight is 433 g/mol. The Bertz CT molecular complexity index is 757. The number of piperidine rings is 1. The Morgan fingerprint density at radius 3 is 2.79 bits per heavy atom. The molecule has 0 spiro atoms. The molecule has 1 aliphatic heterocycles. The van der Waals surface area contributed by atoms with Gasteiger partial charge in [0.15, 0.2) is 0 Å². The van der Waals surface area contributed by atoms with Crippen LogP contribution < -0.4 is 10.1 Å². The Morgan fingerprint density at radius 2 is 2.11 bits per heavy atom. The van der Waals surface area contributed by atoms with E-state index >= 15 is 0 Å². The number of halogens is 1. The highest BCUT2D eigenvalue weighted by molar-refractivity contribution is 7.89. The molecule has 0 unspecified atom stereocenters. The summed E-state index contributed by atoms with van der Waals surface area (Å²) in [6, 6.07) is 4.45. The van der Waals surface area contributed by atoms with Gasteiger partial charge in [-0.05, 0) is 51.3 Å². The predicted octanol–water partition coefficient (Wildman–Crippen LogP) is 2.68. The molecule has 1 saturated heterocycles. The Balaban J connectivity index is 2.00. The first-order valence-electron chi connectivity index (χ1n) is 9.68. The number of rotatable bonds is 10. The molecule has 1 heterocycles. The summed E-state index contributed by atoms with van der Waals surface area (Å²) in [6.45, 7) is 6.53. The Morgan fingerprint density at radius 1 is 1.32 bits per heavy atom. The topological polar surface area (TPSA) is 84.9 Å². The summed E-state index contributed by atoms with van der Waals surface area (Å²) >= 11 is 6.14. The number of ether oxygens (including phenoxy) is 2. The molecular weight excluding hydrogens is 404 g/mol. The van der Waals surface area contributed by atoms with E-state index in [9.17, 15) is 13.2 Å². The number of hydrogen-bond donors (Lipinski definition) is 1. The SMILES string of the molecule is CCOCCCNC(=O)[C@@H]1CCCN(S(=O)(=O)c2ccc(OCC)c(Cl)c2)C1. The van der Waals surface area contributed by atoms with Gasteiger partial charge < -0.3 is 14.8 Å². The Hall–Kier alpha value is -1.35. The van der Waals surface area contributed by atoms with Gasteiger partial charge in [-0.3, -0.25) is 4.79 Å². The van der Waals surface area contributed by atoms with E-state index in [1.807, 2.05) is 13.8 Å². The highest BCUT2D eigenvalue weighted by atomic mass is 35.5. The predicted molar refractivity (Wildman–Crippen MR) is 108 cm³/mol. The zero-order chi connectivity index (χ0) is 20.6. The number of nitrogens with zero attached hydrogens (tertiary/aromatic N) is 1. The summed E-state index contributed by atoms with van der Waals surface area (Å²) < 4.78 is 37.9. The molecule has 9 heteroatoms. The molecule has 158 valence electrons. The van der Waals surface area contributed by atoms with Crippen LogP contribution in [-0.2, 0) is 19.6 Å². The quantitative estimate of drug-likeness (QED) is 0.574. The largest absolute Gasteiger partial charge is 0.492 e. The minimum atomic E-state index is -3.72. The third-order valence-corrected chi connectivity index (χ3v) is 6.72. The summed E-state index contributed by atoms with van der Waals surface area (Å²) in [5.74, 6) is -0.0130. The lowest BCUT2D eigenvalue weighted by atomic mass is 9.99. The van der Waals surface area contributed by atoms with Gasteiger partial charge in [0.2, 0.25) is 15.9 Å². The van der Waals surface area contributed by atoms with Crippen LogP contribution in [0.15, 0.2) is 23.1 Å². The van der Waals surface area contributed by atoms with E-state index in [1.54, 1.807) is 6.07 Å². The molecule has 1 fully saturated rings. The third kappa shape index (κ3) is 6.07. The summed E-state index contributed by atoms with van der Waals surface area (Å²) in [7, 11) is -3.72. The monoisotopic (exact) mass is 432 g/mol. The Kier molecular flexibility index (Phi) is 9.01. The summed E-state index contributed by atoms with van der Waals surface area (Å²) in [5.41, 5.74) is 0. The van der Waals surface area contributed by atoms with E-state index in [0.717, 1.165) is 6.42 Å². The molecule has 1 N–H and O–H groups in total. The van der Waals surface area contributed by atoms with Crippen molar-refractivity contribution in [3.05, 3.63) is 23.2 Å². The zero-order valence-corrected chi connectivity index (χ0v) is 18.0. The number of carbonyl (C=O) groups is 1. The molecule has 7 nitrogen and oxygen atoms in total. The summed E-state index contributed by atoms with van der Waals surface area (Å²) in [6.07, 6.45) is 2.05. The van der Waals surface area contributed by atoms with Crippen molar-refractivity contribution >= 4 is 27.5 Å². The molecular formula is C19H29ClN2O5S. The fraction of sp³-hybridized carbons (Fsp3) is 0.632. The maximum atomic E-state index is 13.0. The van der Waals surface area contributed by atoms with Crippen LogP contribution in [0.3, 0.4) is 0 Å². The van der Waals surface area contributed by atoms with E-state index in [-0.39, 0.29) is 28.3 Å². The second-order valence-corrected chi connectivity index (χ2v) is 8.91. The second kappa shape index (κ2) is 11.0. The smallest absolute Gasteiger partial charge is 0.243 e. The normalized spacial score (nSPS) is 18.0. The standard InChI is InChI=1S/C19H29ClN2O5S/c1-3-26-12-6-10-21-19(23)15-7-5-11-22(14-15)28(24,25)16-8-9-18(27-4-2)17(20)13-16/h8-9,13,15H,3-7,10-12,14H2,1-2H3,(H,21,23)/t15-/m1/s1. The number of benzene rings is 1. The van der Waals surface area contributed by atoms with Gasteiger partial charge in [-0.2, -0.15) is 4.31 Å². The van der Waals surface area contributed by atoms with Crippen LogP contribution in [0.5, 0.6) is 5.75 Å². The first-order chi connectivity index (χ1) is 13.4. The van der Waals surface area contributed by atoms with Crippen molar-refractivity contribution in [2.24, 2.45) is 5.92 Å². The van der Waals surface area contributed by atoms with E-state index < -0.39 is 10.0 Å². The van der Waals surface area contributed by atoms with Gasteiger partial charge in [-0.25, -0.2) is 8.42 Å². The van der Waals surface area contributed by atoms with Gasteiger partial charge >= 0.3 is 0 Å². The van der Waals surface area contributed by atoms with Gasteiger partial charge in [-0.1, -0.05) is 11.6 Å². The van der Waals surface area contributed by atoms with Crippen molar-refractivity contribution < 1.29 is 22.7 Å². The minimum absolute atomic E-state index is 0.110. The van der Waals surface area contributed by atoms with Crippen molar-refractivity contribution in [3.8, 4) is 5.75 Å². The van der Waals surface area contributed by atoms with Crippen LogP contribution in [0.1, 0.15) is 33.1 Å². The van der Waals surface area contributed by atoms with Gasteiger partial charge in [-0.15, -0.1) is 0 Å². The Labute approximate surface area is 172 Å². The first kappa shape index (κ1) is 22.9. The molecule has 0 radical (unpaired) electrons. The van der Waals surface area contributed by atoms with E-state index in [0.29, 0.717) is 51.5 Å². The maximum absolute atomic E-state index is 13.0. The van der Waals surface area contributed by atoms with Crippen LogP contribution in [-0.4, -0.2) is 58.1 Å². The van der Waals surface area contributed by atoms with Crippen LogP contribution in [0.25, 0.3) is 0 Å². The van der Waals surface area contributed by atoms with Crippen LogP contribution in [0, 0.1) is 5.92 Å². The maximum Gasteiger partial charge on any atom is 0.243 e. The van der Waals surface area contributed by atoms with Crippen molar-refractivity contribution in [1.29, 1.82) is 0 Å². The highest BCUT2D eigenvalue weighted by Crippen LogP contribution is 2.30. The molecule has 2 rings (SSSR count). The van der Waals surface area contributed by atoms with Crippen LogP contribution >= 0.6 is 11.6 Å². The van der Waals surface area contributed by atoms with Gasteiger partial charge in [0.1, 0.15) is 5.75 Å². The molecule has 0 saturated carbocycles. The van der Waals surface area contributed by atoms with Crippen molar-refractivity contribution in [2.45, 2.75) is 38.0 Å². The molecule has 1 aromatic rings. The molecule has 1 aromatic carbocycles. The lowest BCUT2D eigenvalue weighted by Gasteiger charge is -2.31. The van der Waals surface area contributed by atoms with E-state index in [1.165, 1.54) is 16.4 Å². The van der Waals surface area contributed by atoms with Gasteiger partial charge in [0.05, 0.1) is 22.4 Å². The molecule has 0 aromatic heterocycles. The highest BCUT2D eigenvalue weighted by Gasteiger charge is 2.33. The first-order valence-corrected chi connectivity index (χ1v) is 11.5. The van der Waals surface area contributed by atoms with Crippen LogP contribution in [0.4, 0.5) is 0 Å². The lowest BCUT2D eigenvalue weighted by Crippen LogP contribution is -2.45. The number of hydrogen-bond acceptors (Lipinski definition) is 5. The van der Waals surface area contributed by atoms with Crippen molar-refractivity contribution in [1.82, 2.24) is 9.62 Å². The minimum Gasteiger partial charge on any atom is -0.492 e. The van der Waals surface area contributed by atoms with Crippen molar-refractivity contribution in [2.75, 3.05) is 39.5 Å². The lowest BCUT2D eigenvalue weighted by molar-refractivity contribution is -0.126. The molecule has 1 atom stereocenters. The molecule has 0 bridgehead atoms. The van der Waals surface area contributed by atoms with E-state index in [2.05, 4.69) is 5.32 Å². The van der Waals surface area contributed by atoms with Crippen LogP contribution in [0.2, 0.25) is 5.02 Å². The molecule has 1 amide bonds. The third-order valence-electron chi connectivity index (χ3n) is 4.56. The van der Waals surface area contributed by atoms with Gasteiger partial charge in [0, 0.05) is 32.8 Å². The van der Waals surface area contributed by atoms with Crippen molar-refractivity contribution in [3.63, 3.8) is 0 Å². The number of nitrogens with one attached hydrogen (secondary N) is 1. The summed E-state index contributed by atoms with van der Waals surface area (Å²) in [5, 5.41) is 3.13. The zero-order valence-electron chi connectivity index (χ0n) is 16.4. The average Bonchev–Trinajstić information content (AvgIpc) is 2.69. The molecule has 1 aliphatic rings. The second-order valence-electron chi connectivity index (χ2n) is 6.57. The fourth-order valence-corrected chi connectivity index (χ4v) is 4.96. The molecule has 28 heavy (non-hydrogen) atoms. The fourth-order valence-electron chi connectivity index (χ4n) is 3.11. The number of carbonyl (C=O) groups excluding carboxylic acids is 1. The number of sulfonamides is 1. The van der Waals surface area contributed by atoms with Gasteiger partial charge in [0.25, 0.3) is 0 Å².